The Balaban J connectivity index is 1.66. The maximum atomic E-state index is 12.5. The summed E-state index contributed by atoms with van der Waals surface area (Å²) in [7, 11) is 0. The van der Waals surface area contributed by atoms with Gasteiger partial charge >= 0.3 is 0 Å². The molecule has 0 bridgehead atoms. The molecule has 0 aliphatic carbocycles. The molecular weight excluding hydrogens is 290 g/mol. The van der Waals surface area contributed by atoms with Crippen molar-refractivity contribution >= 4 is 23.2 Å². The number of nitrogens with zero attached hydrogens (tertiary/aromatic N) is 1. The van der Waals surface area contributed by atoms with Gasteiger partial charge in [-0.25, -0.2) is 0 Å². The summed E-state index contributed by atoms with van der Waals surface area (Å²) in [6.07, 6.45) is 3.70. The number of rotatable bonds is 3. The van der Waals surface area contributed by atoms with Crippen molar-refractivity contribution < 1.29 is 9.59 Å². The smallest absolute Gasteiger partial charge is 0.242 e. The van der Waals surface area contributed by atoms with Crippen LogP contribution in [0, 0.1) is 5.41 Å². The zero-order valence-electron chi connectivity index (χ0n) is 13.9. The highest BCUT2D eigenvalue weighted by atomic mass is 16.2. The van der Waals surface area contributed by atoms with E-state index in [0.717, 1.165) is 43.7 Å². The standard InChI is InChI=1S/C18H25N3O2/c1-18(2)10-4-11-19-16(18)17(23)20-13-6-8-14(9-7-13)21-12-3-5-15(21)22/h6-9,16,19H,3-5,10-12H2,1-2H3,(H,20,23). The molecule has 0 radical (unpaired) electrons. The monoisotopic (exact) mass is 315 g/mol. The van der Waals surface area contributed by atoms with E-state index in [-0.39, 0.29) is 23.3 Å². The van der Waals surface area contributed by atoms with Crippen LogP contribution in [-0.4, -0.2) is 30.9 Å². The number of nitrogens with one attached hydrogen (secondary N) is 2. The van der Waals surface area contributed by atoms with Gasteiger partial charge in [0.2, 0.25) is 11.8 Å². The Hall–Kier alpha value is -1.88. The van der Waals surface area contributed by atoms with Gasteiger partial charge in [0.15, 0.2) is 0 Å². The summed E-state index contributed by atoms with van der Waals surface area (Å²) in [4.78, 5) is 26.1. The number of carbonyl (C=O) groups is 2. The number of amides is 2. The first kappa shape index (κ1) is 16.0. The molecule has 23 heavy (non-hydrogen) atoms. The highest BCUT2D eigenvalue weighted by Gasteiger charge is 2.37. The van der Waals surface area contributed by atoms with Crippen LogP contribution in [0.15, 0.2) is 24.3 Å². The molecule has 2 fully saturated rings. The molecule has 2 aliphatic rings. The topological polar surface area (TPSA) is 61.4 Å². The lowest BCUT2D eigenvalue weighted by molar-refractivity contribution is -0.121. The summed E-state index contributed by atoms with van der Waals surface area (Å²) in [6.45, 7) is 5.93. The summed E-state index contributed by atoms with van der Waals surface area (Å²) in [5.74, 6) is 0.189. The fourth-order valence-electron chi connectivity index (χ4n) is 3.52. The second-order valence-corrected chi connectivity index (χ2v) is 7.16. The van der Waals surface area contributed by atoms with E-state index in [1.54, 1.807) is 4.90 Å². The van der Waals surface area contributed by atoms with E-state index in [2.05, 4.69) is 24.5 Å². The molecule has 3 rings (SSSR count). The first-order chi connectivity index (χ1) is 11.0. The van der Waals surface area contributed by atoms with E-state index >= 15 is 0 Å². The molecule has 0 spiro atoms. The van der Waals surface area contributed by atoms with Crippen LogP contribution in [0.3, 0.4) is 0 Å². The highest BCUT2D eigenvalue weighted by Crippen LogP contribution is 2.31. The zero-order chi connectivity index (χ0) is 16.4. The second-order valence-electron chi connectivity index (χ2n) is 7.16. The molecule has 5 heteroatoms. The summed E-state index contributed by atoms with van der Waals surface area (Å²) >= 11 is 0. The normalized spacial score (nSPS) is 23.8. The van der Waals surface area contributed by atoms with Crippen LogP contribution in [0.5, 0.6) is 0 Å². The van der Waals surface area contributed by atoms with E-state index in [4.69, 9.17) is 0 Å². The van der Waals surface area contributed by atoms with Crippen LogP contribution in [0.4, 0.5) is 11.4 Å². The first-order valence-corrected chi connectivity index (χ1v) is 8.42. The SMILES string of the molecule is CC1(C)CCCNC1C(=O)Nc1ccc(N2CCCC2=O)cc1. The minimum Gasteiger partial charge on any atom is -0.325 e. The fraction of sp³-hybridized carbons (Fsp3) is 0.556. The Labute approximate surface area is 137 Å². The lowest BCUT2D eigenvalue weighted by atomic mass is 9.77. The van der Waals surface area contributed by atoms with Crippen molar-refractivity contribution in [3.8, 4) is 0 Å². The Morgan fingerprint density at radius 3 is 2.61 bits per heavy atom. The van der Waals surface area contributed by atoms with Crippen LogP contribution < -0.4 is 15.5 Å². The van der Waals surface area contributed by atoms with Crippen molar-refractivity contribution in [3.63, 3.8) is 0 Å². The molecule has 1 aromatic carbocycles. The van der Waals surface area contributed by atoms with Crippen LogP contribution in [-0.2, 0) is 9.59 Å². The number of benzene rings is 1. The van der Waals surface area contributed by atoms with Crippen molar-refractivity contribution in [2.45, 2.75) is 45.6 Å². The summed E-state index contributed by atoms with van der Waals surface area (Å²) in [6, 6.07) is 7.37. The van der Waals surface area contributed by atoms with Crippen LogP contribution in [0.25, 0.3) is 0 Å². The molecule has 0 aromatic heterocycles. The van der Waals surface area contributed by atoms with Gasteiger partial charge in [-0.15, -0.1) is 0 Å². The van der Waals surface area contributed by atoms with E-state index in [0.29, 0.717) is 6.42 Å². The fourth-order valence-corrected chi connectivity index (χ4v) is 3.52. The van der Waals surface area contributed by atoms with Gasteiger partial charge in [0.25, 0.3) is 0 Å². The van der Waals surface area contributed by atoms with E-state index < -0.39 is 0 Å². The average molecular weight is 315 g/mol. The van der Waals surface area contributed by atoms with Gasteiger partial charge in [-0.2, -0.15) is 0 Å². The molecule has 124 valence electrons. The number of anilines is 2. The van der Waals surface area contributed by atoms with Crippen molar-refractivity contribution in [2.75, 3.05) is 23.3 Å². The number of piperidine rings is 1. The average Bonchev–Trinajstić information content (AvgIpc) is 2.93. The molecule has 2 amide bonds. The highest BCUT2D eigenvalue weighted by molar-refractivity contribution is 5.97. The zero-order valence-corrected chi connectivity index (χ0v) is 13.9. The minimum absolute atomic E-state index is 0.0136. The van der Waals surface area contributed by atoms with Crippen molar-refractivity contribution in [1.82, 2.24) is 5.32 Å². The third-order valence-electron chi connectivity index (χ3n) is 4.91. The Kier molecular flexibility index (Phi) is 4.39. The molecule has 5 nitrogen and oxygen atoms in total. The molecule has 2 N–H and O–H groups in total. The summed E-state index contributed by atoms with van der Waals surface area (Å²) in [5.41, 5.74) is 1.64. The molecule has 0 saturated carbocycles. The van der Waals surface area contributed by atoms with Crippen molar-refractivity contribution in [2.24, 2.45) is 5.41 Å². The predicted molar refractivity (Wildman–Crippen MR) is 91.5 cm³/mol. The molecule has 1 unspecified atom stereocenters. The Bertz CT molecular complexity index is 595. The second kappa shape index (κ2) is 6.32. The third-order valence-corrected chi connectivity index (χ3v) is 4.91. The van der Waals surface area contributed by atoms with E-state index in [9.17, 15) is 9.59 Å². The molecule has 2 aliphatic heterocycles. The third kappa shape index (κ3) is 3.39. The molecule has 1 aromatic rings. The summed E-state index contributed by atoms with van der Waals surface area (Å²) in [5, 5.41) is 6.32. The Morgan fingerprint density at radius 1 is 1.26 bits per heavy atom. The van der Waals surface area contributed by atoms with E-state index in [1.807, 2.05) is 24.3 Å². The van der Waals surface area contributed by atoms with Crippen molar-refractivity contribution in [1.29, 1.82) is 0 Å². The van der Waals surface area contributed by atoms with Gasteiger partial charge in [0.1, 0.15) is 0 Å². The minimum atomic E-state index is -0.170. The van der Waals surface area contributed by atoms with Gasteiger partial charge in [0.05, 0.1) is 6.04 Å². The quantitative estimate of drug-likeness (QED) is 0.901. The predicted octanol–water partition coefficient (Wildman–Crippen LogP) is 2.53. The maximum absolute atomic E-state index is 12.5. The lowest BCUT2D eigenvalue weighted by Crippen LogP contribution is -2.53. The number of hydrogen-bond acceptors (Lipinski definition) is 3. The van der Waals surface area contributed by atoms with Gasteiger partial charge in [-0.1, -0.05) is 13.8 Å². The number of hydrogen-bond donors (Lipinski definition) is 2. The van der Waals surface area contributed by atoms with Crippen LogP contribution in [0.1, 0.15) is 39.5 Å². The van der Waals surface area contributed by atoms with E-state index in [1.165, 1.54) is 0 Å². The van der Waals surface area contributed by atoms with Crippen LogP contribution in [0.2, 0.25) is 0 Å². The van der Waals surface area contributed by atoms with Gasteiger partial charge < -0.3 is 15.5 Å². The van der Waals surface area contributed by atoms with Crippen molar-refractivity contribution in [3.05, 3.63) is 24.3 Å². The van der Waals surface area contributed by atoms with Gasteiger partial charge in [0, 0.05) is 24.3 Å². The van der Waals surface area contributed by atoms with Crippen LogP contribution >= 0.6 is 0 Å². The van der Waals surface area contributed by atoms with Gasteiger partial charge in [-0.3, -0.25) is 9.59 Å². The van der Waals surface area contributed by atoms with Gasteiger partial charge in [-0.05, 0) is 55.5 Å². The lowest BCUT2D eigenvalue weighted by Gasteiger charge is -2.38. The molecular formula is C18H25N3O2. The first-order valence-electron chi connectivity index (χ1n) is 8.42. The molecule has 2 heterocycles. The maximum Gasteiger partial charge on any atom is 0.242 e. The Morgan fingerprint density at radius 2 is 2.00 bits per heavy atom. The largest absolute Gasteiger partial charge is 0.325 e. The number of carbonyl (C=O) groups excluding carboxylic acids is 2. The summed E-state index contributed by atoms with van der Waals surface area (Å²) < 4.78 is 0. The molecule has 2 saturated heterocycles. The molecule has 1 atom stereocenters.